The van der Waals surface area contributed by atoms with E-state index in [4.69, 9.17) is 0 Å². The molecule has 5 fully saturated rings. The minimum atomic E-state index is -0.115. The summed E-state index contributed by atoms with van der Waals surface area (Å²) in [6.45, 7) is 7.18. The van der Waals surface area contributed by atoms with E-state index in [1.165, 1.54) is 19.3 Å². The smallest absolute Gasteiger partial charge is 0.155 e. The van der Waals surface area contributed by atoms with Crippen LogP contribution in [0.4, 0.5) is 0 Å². The fraction of sp³-hybridized carbons (Fsp3) is 0.826. The zero-order valence-corrected chi connectivity index (χ0v) is 15.7. The highest BCUT2D eigenvalue weighted by molar-refractivity contribution is 5.91. The molecule has 132 valence electrons. The molecule has 25 heavy (non-hydrogen) atoms. The topological polar surface area (TPSA) is 40.9 Å². The average molecular weight is 335 g/mol. The lowest BCUT2D eigenvalue weighted by Crippen LogP contribution is -2.52. The van der Waals surface area contributed by atoms with Gasteiger partial charge in [-0.15, -0.1) is 0 Å². The Bertz CT molecular complexity index is 761. The van der Waals surface area contributed by atoms with Crippen LogP contribution in [0.25, 0.3) is 0 Å². The van der Waals surface area contributed by atoms with Crippen molar-refractivity contribution in [2.45, 2.75) is 52.9 Å². The summed E-state index contributed by atoms with van der Waals surface area (Å²) in [5.74, 6) is 7.24. The number of ketones is 1. The Labute approximate surface area is 151 Å². The quantitative estimate of drug-likeness (QED) is 0.648. The molecule has 6 aliphatic rings. The first-order chi connectivity index (χ1) is 11.9. The van der Waals surface area contributed by atoms with E-state index in [-0.39, 0.29) is 10.8 Å². The Kier molecular flexibility index (Phi) is 2.54. The lowest BCUT2D eigenvalue weighted by molar-refractivity contribution is -0.116. The van der Waals surface area contributed by atoms with Crippen molar-refractivity contribution >= 4 is 5.78 Å². The predicted octanol–water partition coefficient (Wildman–Crippen LogP) is 4.62. The molecule has 6 aliphatic carbocycles. The van der Waals surface area contributed by atoms with Crippen LogP contribution in [0.3, 0.4) is 0 Å². The first-order valence-corrected chi connectivity index (χ1v) is 10.6. The maximum absolute atomic E-state index is 12.0. The molecular formula is C23H29NO. The third kappa shape index (κ3) is 1.49. The van der Waals surface area contributed by atoms with E-state index < -0.39 is 0 Å². The number of nitriles is 1. The molecule has 2 nitrogen and oxygen atoms in total. The summed E-state index contributed by atoms with van der Waals surface area (Å²) in [4.78, 5) is 12.0. The number of carbonyl (C=O) groups excluding carboxylic acids is 1. The number of fused-ring (bicyclic) bond motifs is 10. The Morgan fingerprint density at radius 1 is 1.12 bits per heavy atom. The predicted molar refractivity (Wildman–Crippen MR) is 95.1 cm³/mol. The molecule has 0 aliphatic heterocycles. The van der Waals surface area contributed by atoms with Gasteiger partial charge in [0.1, 0.15) is 0 Å². The van der Waals surface area contributed by atoms with Gasteiger partial charge in [0.15, 0.2) is 5.78 Å². The second-order valence-corrected chi connectivity index (χ2v) is 10.8. The number of nitrogens with zero attached hydrogens (tertiary/aromatic N) is 1. The molecule has 0 aromatic carbocycles. The van der Waals surface area contributed by atoms with Crippen LogP contribution < -0.4 is 0 Å². The van der Waals surface area contributed by atoms with Crippen LogP contribution in [0.15, 0.2) is 11.6 Å². The molecule has 0 aromatic rings. The van der Waals surface area contributed by atoms with Gasteiger partial charge in [-0.2, -0.15) is 5.26 Å². The van der Waals surface area contributed by atoms with Gasteiger partial charge in [-0.25, -0.2) is 0 Å². The fourth-order valence-corrected chi connectivity index (χ4v) is 9.09. The molecule has 6 rings (SSSR count). The van der Waals surface area contributed by atoms with E-state index in [1.54, 1.807) is 5.57 Å². The van der Waals surface area contributed by atoms with Crippen LogP contribution in [0.1, 0.15) is 52.9 Å². The van der Waals surface area contributed by atoms with Gasteiger partial charge in [0.25, 0.3) is 0 Å². The average Bonchev–Trinajstić information content (AvgIpc) is 3.48. The molecule has 0 aromatic heterocycles. The summed E-state index contributed by atoms with van der Waals surface area (Å²) in [6.07, 6.45) is 7.80. The molecule has 0 radical (unpaired) electrons. The molecule has 5 saturated carbocycles. The summed E-state index contributed by atoms with van der Waals surface area (Å²) in [5.41, 5.74) is 1.66. The van der Waals surface area contributed by atoms with Crippen molar-refractivity contribution in [2.75, 3.05) is 0 Å². The van der Waals surface area contributed by atoms with Gasteiger partial charge >= 0.3 is 0 Å². The highest BCUT2D eigenvalue weighted by Gasteiger charge is 2.79. The van der Waals surface area contributed by atoms with E-state index in [2.05, 4.69) is 32.9 Å². The highest BCUT2D eigenvalue weighted by atomic mass is 16.1. The molecule has 0 amide bonds. The van der Waals surface area contributed by atoms with E-state index in [0.717, 1.165) is 54.3 Å². The van der Waals surface area contributed by atoms with Crippen molar-refractivity contribution in [3.8, 4) is 6.07 Å². The number of rotatable bonds is 0. The van der Waals surface area contributed by atoms with E-state index >= 15 is 0 Å². The molecule has 0 N–H and O–H groups in total. The van der Waals surface area contributed by atoms with Crippen molar-refractivity contribution in [1.29, 1.82) is 5.26 Å². The van der Waals surface area contributed by atoms with Gasteiger partial charge in [0.2, 0.25) is 0 Å². The van der Waals surface area contributed by atoms with Gasteiger partial charge in [-0.1, -0.05) is 19.4 Å². The lowest BCUT2D eigenvalue weighted by Gasteiger charge is -2.56. The summed E-state index contributed by atoms with van der Waals surface area (Å²) in [5, 5.41) is 10.1. The number of carbonyl (C=O) groups is 1. The van der Waals surface area contributed by atoms with E-state index in [1.807, 2.05) is 0 Å². The van der Waals surface area contributed by atoms with Crippen LogP contribution in [-0.4, -0.2) is 5.78 Å². The third-order valence-corrected chi connectivity index (χ3v) is 10.3. The van der Waals surface area contributed by atoms with Crippen LogP contribution in [0.5, 0.6) is 0 Å². The Balaban J connectivity index is 1.44. The van der Waals surface area contributed by atoms with Crippen molar-refractivity contribution in [2.24, 2.45) is 64.1 Å². The second-order valence-electron chi connectivity index (χ2n) is 10.8. The van der Waals surface area contributed by atoms with Gasteiger partial charge in [0.05, 0.1) is 11.5 Å². The van der Waals surface area contributed by atoms with Crippen LogP contribution >= 0.6 is 0 Å². The largest absolute Gasteiger partial charge is 0.295 e. The van der Waals surface area contributed by atoms with Gasteiger partial charge in [-0.05, 0) is 97.4 Å². The van der Waals surface area contributed by atoms with E-state index in [9.17, 15) is 10.1 Å². The van der Waals surface area contributed by atoms with Gasteiger partial charge in [-0.3, -0.25) is 4.79 Å². The Morgan fingerprint density at radius 3 is 2.68 bits per heavy atom. The maximum Gasteiger partial charge on any atom is 0.155 e. The molecule has 0 bridgehead atoms. The number of allylic oxidation sites excluding steroid dienone is 1. The first kappa shape index (κ1) is 15.0. The fourth-order valence-electron chi connectivity index (χ4n) is 9.09. The van der Waals surface area contributed by atoms with Crippen molar-refractivity contribution < 1.29 is 4.79 Å². The summed E-state index contributed by atoms with van der Waals surface area (Å²) < 4.78 is 0. The van der Waals surface area contributed by atoms with Crippen molar-refractivity contribution in [3.63, 3.8) is 0 Å². The number of hydrogen-bond acceptors (Lipinski definition) is 2. The highest BCUT2D eigenvalue weighted by Crippen LogP contribution is 2.82. The monoisotopic (exact) mass is 335 g/mol. The van der Waals surface area contributed by atoms with Gasteiger partial charge < -0.3 is 0 Å². The molecule has 11 atom stereocenters. The van der Waals surface area contributed by atoms with E-state index in [0.29, 0.717) is 17.6 Å². The Morgan fingerprint density at radius 2 is 1.92 bits per heavy atom. The van der Waals surface area contributed by atoms with Crippen LogP contribution in [0.2, 0.25) is 0 Å². The van der Waals surface area contributed by atoms with Gasteiger partial charge in [0, 0.05) is 6.42 Å². The molecule has 0 spiro atoms. The molecule has 0 heterocycles. The van der Waals surface area contributed by atoms with Crippen molar-refractivity contribution in [3.05, 3.63) is 11.6 Å². The molecular weight excluding hydrogens is 306 g/mol. The minimum absolute atomic E-state index is 0.115. The minimum Gasteiger partial charge on any atom is -0.295 e. The molecule has 0 saturated heterocycles. The number of hydrogen-bond donors (Lipinski definition) is 0. The zero-order chi connectivity index (χ0) is 17.3. The summed E-state index contributed by atoms with van der Waals surface area (Å²) in [7, 11) is 0. The third-order valence-electron chi connectivity index (χ3n) is 10.3. The maximum atomic E-state index is 12.0. The van der Waals surface area contributed by atoms with Crippen LogP contribution in [0, 0.1) is 75.4 Å². The zero-order valence-electron chi connectivity index (χ0n) is 15.7. The van der Waals surface area contributed by atoms with Crippen LogP contribution in [-0.2, 0) is 4.79 Å². The summed E-state index contributed by atoms with van der Waals surface area (Å²) >= 11 is 0. The lowest BCUT2D eigenvalue weighted by atomic mass is 9.47. The first-order valence-electron chi connectivity index (χ1n) is 10.6. The molecule has 0 unspecified atom stereocenters. The Hall–Kier alpha value is -1.10. The van der Waals surface area contributed by atoms with Crippen molar-refractivity contribution in [1.82, 2.24) is 0 Å². The SMILES string of the molecule is C[C@H]1[C@@H]2[C@H]1[C@](C)(C#N)[C@@]1(C)CC[C@H]3[C@@H]([C@H]4C[C@H]4C4=CC(=O)CC[C@@H]43)[C@H]21. The summed E-state index contributed by atoms with van der Waals surface area (Å²) in [6, 6.07) is 2.83. The normalized spacial score (nSPS) is 63.2. The standard InChI is InChI=1S/C23H29NO/c1-11-18-20(11)23(3,10-24)22(2)7-6-14-13-5-4-12(25)8-15(13)16-9-17(16)19(14)21(18)22/h8,11,13-14,16-21H,4-7,9H2,1-3H3/t11-,13+,14+,16-,17-,18+,19-,20-,21-,22-,23-/m0/s1. The molecule has 2 heteroatoms. The second kappa shape index (κ2) is 4.24.